The highest BCUT2D eigenvalue weighted by Crippen LogP contribution is 2.08. The van der Waals surface area contributed by atoms with Crippen molar-refractivity contribution in [3.05, 3.63) is 35.4 Å². The van der Waals surface area contributed by atoms with E-state index < -0.39 is 0 Å². The van der Waals surface area contributed by atoms with Gasteiger partial charge in [-0.25, -0.2) is 4.99 Å². The molecule has 0 unspecified atom stereocenters. The lowest BCUT2D eigenvalue weighted by molar-refractivity contribution is 0.0965. The number of amides is 1. The number of amidine groups is 1. The van der Waals surface area contributed by atoms with E-state index >= 15 is 0 Å². The monoisotopic (exact) mass is 347 g/mol. The fourth-order valence-electron chi connectivity index (χ4n) is 2.65. The molecule has 0 aliphatic rings. The summed E-state index contributed by atoms with van der Waals surface area (Å²) >= 11 is 0. The first-order valence-corrected chi connectivity index (χ1v) is 9.31. The Bertz CT molecular complexity index is 554. The maximum absolute atomic E-state index is 12.4. The van der Waals surface area contributed by atoms with Crippen molar-refractivity contribution in [1.82, 2.24) is 10.2 Å². The van der Waals surface area contributed by atoms with Crippen LogP contribution in [0.3, 0.4) is 0 Å². The molecule has 0 saturated heterocycles. The average molecular weight is 348 g/mol. The van der Waals surface area contributed by atoms with Crippen LogP contribution >= 0.6 is 0 Å². The molecule has 0 aliphatic heterocycles. The van der Waals surface area contributed by atoms with Crippen LogP contribution in [0.1, 0.15) is 56.5 Å². The number of nitrogens with one attached hydrogen (secondary N) is 1. The molecular formula is C20H33N3O2. The van der Waals surface area contributed by atoms with Gasteiger partial charge in [-0.1, -0.05) is 32.0 Å². The Hall–Kier alpha value is -1.88. The zero-order valence-electron chi connectivity index (χ0n) is 16.3. The summed E-state index contributed by atoms with van der Waals surface area (Å²) in [6.07, 6.45) is 2.05. The molecule has 0 bridgehead atoms. The van der Waals surface area contributed by atoms with Gasteiger partial charge in [-0.15, -0.1) is 0 Å². The Morgan fingerprint density at radius 1 is 1.24 bits per heavy atom. The lowest BCUT2D eigenvalue weighted by Gasteiger charge is -2.18. The van der Waals surface area contributed by atoms with Crippen molar-refractivity contribution >= 4 is 11.9 Å². The largest absolute Gasteiger partial charge is 0.465 e. The van der Waals surface area contributed by atoms with Crippen LogP contribution in [0.25, 0.3) is 0 Å². The molecule has 0 aromatic heterocycles. The predicted octanol–water partition coefficient (Wildman–Crippen LogP) is 3.63. The molecule has 5 nitrogen and oxygen atoms in total. The van der Waals surface area contributed by atoms with Crippen LogP contribution in [0.5, 0.6) is 0 Å². The third kappa shape index (κ3) is 7.69. The third-order valence-electron chi connectivity index (χ3n) is 4.22. The highest BCUT2D eigenvalue weighted by atomic mass is 16.5. The van der Waals surface area contributed by atoms with Gasteiger partial charge in [-0.2, -0.15) is 0 Å². The number of ether oxygens (including phenoxy) is 1. The molecule has 0 spiro atoms. The highest BCUT2D eigenvalue weighted by Gasteiger charge is 2.13. The lowest BCUT2D eigenvalue weighted by Crippen LogP contribution is -2.34. The molecule has 1 rings (SSSR count). The van der Waals surface area contributed by atoms with Crippen LogP contribution in [0, 0.1) is 6.92 Å². The summed E-state index contributed by atoms with van der Waals surface area (Å²) < 4.78 is 5.52. The van der Waals surface area contributed by atoms with Crippen molar-refractivity contribution in [2.24, 2.45) is 4.99 Å². The first-order valence-electron chi connectivity index (χ1n) is 9.31. The summed E-state index contributed by atoms with van der Waals surface area (Å²) in [5.41, 5.74) is 1.58. The van der Waals surface area contributed by atoms with E-state index in [4.69, 9.17) is 4.74 Å². The molecule has 0 heterocycles. The zero-order chi connectivity index (χ0) is 18.7. The number of nitrogens with zero attached hydrogens (tertiary/aromatic N) is 2. The van der Waals surface area contributed by atoms with Gasteiger partial charge in [-0.3, -0.25) is 10.1 Å². The van der Waals surface area contributed by atoms with Crippen molar-refractivity contribution in [3.8, 4) is 0 Å². The number of benzene rings is 1. The van der Waals surface area contributed by atoms with Gasteiger partial charge in [0.15, 0.2) is 0 Å². The fourth-order valence-corrected chi connectivity index (χ4v) is 2.65. The third-order valence-corrected chi connectivity index (χ3v) is 4.22. The average Bonchev–Trinajstić information content (AvgIpc) is 2.59. The molecule has 1 aromatic carbocycles. The van der Waals surface area contributed by atoms with E-state index in [0.29, 0.717) is 18.2 Å². The Morgan fingerprint density at radius 2 is 1.92 bits per heavy atom. The molecule has 0 aliphatic carbocycles. The van der Waals surface area contributed by atoms with Crippen molar-refractivity contribution in [1.29, 1.82) is 0 Å². The second-order valence-electron chi connectivity index (χ2n) is 6.15. The molecule has 1 atom stereocenters. The van der Waals surface area contributed by atoms with Crippen LogP contribution in [-0.2, 0) is 4.74 Å². The fraction of sp³-hybridized carbons (Fsp3) is 0.600. The van der Waals surface area contributed by atoms with Gasteiger partial charge in [-0.05, 0) is 64.9 Å². The highest BCUT2D eigenvalue weighted by molar-refractivity contribution is 6.04. The van der Waals surface area contributed by atoms with Gasteiger partial charge in [0.05, 0.1) is 12.6 Å². The van der Waals surface area contributed by atoms with E-state index in [1.165, 1.54) is 0 Å². The van der Waals surface area contributed by atoms with Crippen molar-refractivity contribution in [2.45, 2.75) is 53.5 Å². The number of rotatable bonds is 9. The van der Waals surface area contributed by atoms with Crippen molar-refractivity contribution in [3.63, 3.8) is 0 Å². The summed E-state index contributed by atoms with van der Waals surface area (Å²) in [4.78, 5) is 19.4. The molecule has 1 amide bonds. The molecular weight excluding hydrogens is 314 g/mol. The van der Waals surface area contributed by atoms with Gasteiger partial charge in [0.2, 0.25) is 0 Å². The topological polar surface area (TPSA) is 53.9 Å². The molecule has 0 saturated carbocycles. The molecule has 140 valence electrons. The number of hydrogen-bond acceptors (Lipinski definition) is 4. The van der Waals surface area contributed by atoms with Crippen LogP contribution in [0.15, 0.2) is 29.3 Å². The number of carbonyl (C=O) groups excluding carboxylic acids is 1. The second kappa shape index (κ2) is 11.6. The first-order chi connectivity index (χ1) is 12.0. The SMILES string of the molecule is CCOC(=N[C@H](C)CCCN(CC)CC)NC(=O)c1ccccc1C. The maximum atomic E-state index is 12.4. The van der Waals surface area contributed by atoms with E-state index in [-0.39, 0.29) is 11.9 Å². The van der Waals surface area contributed by atoms with Gasteiger partial charge in [0, 0.05) is 5.56 Å². The van der Waals surface area contributed by atoms with E-state index in [2.05, 4.69) is 36.0 Å². The molecule has 1 aromatic rings. The van der Waals surface area contributed by atoms with Gasteiger partial charge in [0.25, 0.3) is 11.9 Å². The smallest absolute Gasteiger partial charge is 0.291 e. The molecule has 5 heteroatoms. The molecule has 25 heavy (non-hydrogen) atoms. The predicted molar refractivity (Wildman–Crippen MR) is 104 cm³/mol. The van der Waals surface area contributed by atoms with E-state index in [0.717, 1.165) is 38.0 Å². The van der Waals surface area contributed by atoms with Crippen LogP contribution < -0.4 is 5.32 Å². The summed E-state index contributed by atoms with van der Waals surface area (Å²) in [6, 6.07) is 7.92. The second-order valence-corrected chi connectivity index (χ2v) is 6.15. The van der Waals surface area contributed by atoms with Crippen LogP contribution in [-0.4, -0.2) is 49.1 Å². The summed E-state index contributed by atoms with van der Waals surface area (Å²) in [6.45, 7) is 13.9. The molecule has 0 radical (unpaired) electrons. The maximum Gasteiger partial charge on any atom is 0.291 e. The minimum Gasteiger partial charge on any atom is -0.465 e. The van der Waals surface area contributed by atoms with E-state index in [9.17, 15) is 4.79 Å². The minimum absolute atomic E-state index is 0.106. The Kier molecular flexibility index (Phi) is 9.85. The molecule has 0 fully saturated rings. The quantitative estimate of drug-likeness (QED) is 0.548. The summed E-state index contributed by atoms with van der Waals surface area (Å²) in [5, 5.41) is 2.81. The number of aliphatic imine (C=N–C) groups is 1. The first kappa shape index (κ1) is 21.2. The lowest BCUT2D eigenvalue weighted by atomic mass is 10.1. The number of aryl methyl sites for hydroxylation is 1. The van der Waals surface area contributed by atoms with Gasteiger partial charge in [0.1, 0.15) is 0 Å². The van der Waals surface area contributed by atoms with Crippen molar-refractivity contribution < 1.29 is 9.53 Å². The Labute approximate surface area is 152 Å². The summed E-state index contributed by atoms with van der Waals surface area (Å²) in [7, 11) is 0. The standard InChI is InChI=1S/C20H33N3O2/c1-6-23(7-2)15-11-13-17(5)21-20(25-8-3)22-19(24)18-14-10-9-12-16(18)4/h9-10,12,14,17H,6-8,11,13,15H2,1-5H3,(H,21,22,24)/t17-/m1/s1. The minimum atomic E-state index is -0.180. The number of carbonyl (C=O) groups is 1. The normalized spacial score (nSPS) is 13.0. The number of hydrogen-bond donors (Lipinski definition) is 1. The van der Waals surface area contributed by atoms with Gasteiger partial charge < -0.3 is 9.64 Å². The van der Waals surface area contributed by atoms with Crippen molar-refractivity contribution in [2.75, 3.05) is 26.2 Å². The van der Waals surface area contributed by atoms with Crippen LogP contribution in [0.4, 0.5) is 0 Å². The Morgan fingerprint density at radius 3 is 2.52 bits per heavy atom. The van der Waals surface area contributed by atoms with E-state index in [1.807, 2.05) is 38.1 Å². The Balaban J connectivity index is 2.63. The van der Waals surface area contributed by atoms with Gasteiger partial charge >= 0.3 is 0 Å². The zero-order valence-corrected chi connectivity index (χ0v) is 16.3. The molecule has 1 N–H and O–H groups in total. The van der Waals surface area contributed by atoms with Crippen LogP contribution in [0.2, 0.25) is 0 Å². The summed E-state index contributed by atoms with van der Waals surface area (Å²) in [5.74, 6) is -0.180. The van der Waals surface area contributed by atoms with E-state index in [1.54, 1.807) is 0 Å².